The number of unbranched alkanes of at least 4 members (excludes halogenated alkanes) is 20. The van der Waals surface area contributed by atoms with Gasteiger partial charge in [-0.2, -0.15) is 8.42 Å². The van der Waals surface area contributed by atoms with E-state index in [2.05, 4.69) is 6.92 Å². The predicted molar refractivity (Wildman–Crippen MR) is 162 cm³/mol. The van der Waals surface area contributed by atoms with Gasteiger partial charge in [-0.25, -0.2) is 0 Å². The van der Waals surface area contributed by atoms with E-state index in [9.17, 15) is 8.42 Å². The van der Waals surface area contributed by atoms with Crippen molar-refractivity contribution in [3.8, 4) is 0 Å². The largest absolute Gasteiger partial charge is 0.381 e. The van der Waals surface area contributed by atoms with Crippen molar-refractivity contribution in [1.82, 2.24) is 0 Å². The van der Waals surface area contributed by atoms with Crippen molar-refractivity contribution in [3.63, 3.8) is 0 Å². The van der Waals surface area contributed by atoms with Gasteiger partial charge in [-0.05, 0) is 38.3 Å². The van der Waals surface area contributed by atoms with Gasteiger partial charge in [0.25, 0.3) is 10.1 Å². The maximum absolute atomic E-state index is 12.1. The minimum Gasteiger partial charge on any atom is -0.381 e. The van der Waals surface area contributed by atoms with Gasteiger partial charge < -0.3 is 4.74 Å². The highest BCUT2D eigenvalue weighted by molar-refractivity contribution is 7.86. The summed E-state index contributed by atoms with van der Waals surface area (Å²) in [7, 11) is -3.62. The number of rotatable bonds is 28. The fourth-order valence-corrected chi connectivity index (χ4v) is 5.75. The molecule has 0 saturated carbocycles. The second-order valence-corrected chi connectivity index (χ2v) is 12.7. The van der Waals surface area contributed by atoms with E-state index in [4.69, 9.17) is 8.92 Å². The molecule has 0 N–H and O–H groups in total. The SMILES string of the molecule is CCCCCCCCCCCCCCCCOCCCCCCCCCCOS(=O)(=O)c1ccc(C)cc1. The van der Waals surface area contributed by atoms with Crippen LogP contribution in [0.15, 0.2) is 29.2 Å². The van der Waals surface area contributed by atoms with Crippen LogP contribution in [-0.2, 0) is 19.0 Å². The van der Waals surface area contributed by atoms with Crippen LogP contribution in [0.25, 0.3) is 0 Å². The monoisotopic (exact) mass is 552 g/mol. The molecule has 0 atom stereocenters. The smallest absolute Gasteiger partial charge is 0.296 e. The van der Waals surface area contributed by atoms with Crippen molar-refractivity contribution in [2.45, 2.75) is 160 Å². The van der Waals surface area contributed by atoms with E-state index in [1.165, 1.54) is 122 Å². The summed E-state index contributed by atoms with van der Waals surface area (Å²) < 4.78 is 35.3. The Morgan fingerprint density at radius 2 is 0.842 bits per heavy atom. The number of hydrogen-bond acceptors (Lipinski definition) is 4. The van der Waals surface area contributed by atoms with Crippen LogP contribution >= 0.6 is 0 Å². The molecule has 0 aliphatic rings. The molecule has 222 valence electrons. The van der Waals surface area contributed by atoms with E-state index in [0.29, 0.717) is 0 Å². The molecule has 0 radical (unpaired) electrons. The summed E-state index contributed by atoms with van der Waals surface area (Å²) in [5.41, 5.74) is 1.04. The lowest BCUT2D eigenvalue weighted by Crippen LogP contribution is -2.07. The molecule has 0 aliphatic heterocycles. The molecule has 0 amide bonds. The van der Waals surface area contributed by atoms with Crippen LogP contribution in [0.4, 0.5) is 0 Å². The molecule has 38 heavy (non-hydrogen) atoms. The minimum absolute atomic E-state index is 0.242. The molecule has 0 bridgehead atoms. The van der Waals surface area contributed by atoms with Gasteiger partial charge in [0.1, 0.15) is 0 Å². The Kier molecular flexibility index (Phi) is 23.2. The summed E-state index contributed by atoms with van der Waals surface area (Å²) >= 11 is 0. The van der Waals surface area contributed by atoms with E-state index >= 15 is 0 Å². The lowest BCUT2D eigenvalue weighted by atomic mass is 10.0. The average molecular weight is 553 g/mol. The van der Waals surface area contributed by atoms with Gasteiger partial charge in [0, 0.05) is 13.2 Å². The Labute approximate surface area is 236 Å². The summed E-state index contributed by atoms with van der Waals surface area (Å²) in [4.78, 5) is 0.242. The molecule has 0 fully saturated rings. The topological polar surface area (TPSA) is 52.6 Å². The highest BCUT2D eigenvalue weighted by Crippen LogP contribution is 2.15. The summed E-state index contributed by atoms with van der Waals surface area (Å²) in [5, 5.41) is 0. The zero-order valence-electron chi connectivity index (χ0n) is 25.0. The molecule has 1 rings (SSSR count). The van der Waals surface area contributed by atoms with Gasteiger partial charge in [-0.3, -0.25) is 4.18 Å². The fourth-order valence-electron chi connectivity index (χ4n) is 4.81. The quantitative estimate of drug-likeness (QED) is 0.0766. The first-order chi connectivity index (χ1) is 18.6. The van der Waals surface area contributed by atoms with Crippen LogP contribution in [0, 0.1) is 6.92 Å². The molecule has 4 nitrogen and oxygen atoms in total. The summed E-state index contributed by atoms with van der Waals surface area (Å²) in [6.45, 7) is 6.33. The van der Waals surface area contributed by atoms with Crippen molar-refractivity contribution < 1.29 is 17.3 Å². The van der Waals surface area contributed by atoms with Crippen molar-refractivity contribution in [3.05, 3.63) is 29.8 Å². The summed E-state index contributed by atoms with van der Waals surface area (Å²) in [6, 6.07) is 6.80. The molecular weight excluding hydrogens is 492 g/mol. The Hall–Kier alpha value is -0.910. The van der Waals surface area contributed by atoms with Crippen LogP contribution in [0.3, 0.4) is 0 Å². The predicted octanol–water partition coefficient (Wildman–Crippen LogP) is 10.3. The zero-order valence-corrected chi connectivity index (χ0v) is 25.8. The Balaban J connectivity index is 1.73. The second-order valence-electron chi connectivity index (χ2n) is 11.1. The Bertz CT molecular complexity index is 730. The maximum atomic E-state index is 12.1. The van der Waals surface area contributed by atoms with E-state index in [0.717, 1.165) is 38.0 Å². The van der Waals surface area contributed by atoms with Gasteiger partial charge in [0.05, 0.1) is 11.5 Å². The van der Waals surface area contributed by atoms with Gasteiger partial charge >= 0.3 is 0 Å². The van der Waals surface area contributed by atoms with Crippen molar-refractivity contribution in [1.29, 1.82) is 0 Å². The minimum atomic E-state index is -3.62. The number of aryl methyl sites for hydroxylation is 1. The van der Waals surface area contributed by atoms with Crippen LogP contribution in [-0.4, -0.2) is 28.2 Å². The van der Waals surface area contributed by atoms with Crippen molar-refractivity contribution in [2.24, 2.45) is 0 Å². The summed E-state index contributed by atoms with van der Waals surface area (Å²) in [6.07, 6.45) is 28.7. The number of benzene rings is 1. The number of ether oxygens (including phenoxy) is 1. The van der Waals surface area contributed by atoms with E-state index in [1.54, 1.807) is 24.3 Å². The standard InChI is InChI=1S/C33H60O4S/c1-3-4-5-6-7-8-9-10-11-12-13-16-19-22-29-36-30-23-20-17-14-15-18-21-24-31-37-38(34,35)33-27-25-32(2)26-28-33/h25-28H,3-24,29-31H2,1-2H3. The van der Waals surface area contributed by atoms with E-state index in [-0.39, 0.29) is 11.5 Å². The second kappa shape index (κ2) is 25.1. The van der Waals surface area contributed by atoms with E-state index in [1.807, 2.05) is 6.92 Å². The maximum Gasteiger partial charge on any atom is 0.296 e. The molecule has 0 aromatic heterocycles. The third-order valence-electron chi connectivity index (χ3n) is 7.37. The highest BCUT2D eigenvalue weighted by Gasteiger charge is 2.14. The third kappa shape index (κ3) is 21.0. The highest BCUT2D eigenvalue weighted by atomic mass is 32.2. The third-order valence-corrected chi connectivity index (χ3v) is 8.70. The van der Waals surface area contributed by atoms with Crippen LogP contribution in [0.1, 0.15) is 154 Å². The first-order valence-electron chi connectivity index (χ1n) is 16.1. The van der Waals surface area contributed by atoms with Gasteiger partial charge in [-0.15, -0.1) is 0 Å². The van der Waals surface area contributed by atoms with Gasteiger partial charge in [-0.1, -0.05) is 147 Å². The molecule has 0 saturated heterocycles. The first kappa shape index (κ1) is 35.1. The number of hydrogen-bond donors (Lipinski definition) is 0. The molecular formula is C33H60O4S. The molecule has 0 spiro atoms. The van der Waals surface area contributed by atoms with Crippen molar-refractivity contribution in [2.75, 3.05) is 19.8 Å². The molecule has 1 aromatic rings. The zero-order chi connectivity index (χ0) is 27.6. The van der Waals surface area contributed by atoms with Crippen LogP contribution in [0.5, 0.6) is 0 Å². The average Bonchev–Trinajstić information content (AvgIpc) is 2.91. The van der Waals surface area contributed by atoms with E-state index < -0.39 is 10.1 Å². The lowest BCUT2D eigenvalue weighted by Gasteiger charge is -2.06. The molecule has 0 unspecified atom stereocenters. The molecule has 5 heteroatoms. The Morgan fingerprint density at radius 3 is 1.24 bits per heavy atom. The fraction of sp³-hybridized carbons (Fsp3) is 0.818. The first-order valence-corrected chi connectivity index (χ1v) is 17.5. The molecule has 1 aromatic carbocycles. The van der Waals surface area contributed by atoms with Crippen LogP contribution in [0.2, 0.25) is 0 Å². The van der Waals surface area contributed by atoms with Gasteiger partial charge in [0.2, 0.25) is 0 Å². The van der Waals surface area contributed by atoms with Crippen molar-refractivity contribution >= 4 is 10.1 Å². The summed E-state index contributed by atoms with van der Waals surface area (Å²) in [5.74, 6) is 0. The normalized spacial score (nSPS) is 11.8. The van der Waals surface area contributed by atoms with Gasteiger partial charge in [0.15, 0.2) is 0 Å². The lowest BCUT2D eigenvalue weighted by molar-refractivity contribution is 0.125. The molecule has 0 aliphatic carbocycles. The Morgan fingerprint density at radius 1 is 0.500 bits per heavy atom. The molecule has 0 heterocycles. The van der Waals surface area contributed by atoms with Crippen LogP contribution < -0.4 is 0 Å².